The highest BCUT2D eigenvalue weighted by Crippen LogP contribution is 2.21. The van der Waals surface area contributed by atoms with Crippen molar-refractivity contribution in [3.63, 3.8) is 0 Å². The number of aromatic nitrogens is 4. The number of nitrogens with zero attached hydrogens (tertiary/aromatic N) is 5. The molecule has 3 aromatic rings. The highest BCUT2D eigenvalue weighted by Gasteiger charge is 2.15. The Morgan fingerprint density at radius 1 is 1.04 bits per heavy atom. The Morgan fingerprint density at radius 3 is 2.64 bits per heavy atom. The highest BCUT2D eigenvalue weighted by atomic mass is 35.5. The molecule has 2 aromatic heterocycles. The second kappa shape index (κ2) is 7.64. The molecule has 3 heterocycles. The predicted molar refractivity (Wildman–Crippen MR) is 103 cm³/mol. The predicted octanol–water partition coefficient (Wildman–Crippen LogP) is 4.39. The maximum Gasteiger partial charge on any atom is 0.235 e. The van der Waals surface area contributed by atoms with Gasteiger partial charge < -0.3 is 0 Å². The van der Waals surface area contributed by atoms with Gasteiger partial charge in [0, 0.05) is 5.02 Å². The Hall–Kier alpha value is -1.76. The lowest BCUT2D eigenvalue weighted by Crippen LogP contribution is -2.25. The van der Waals surface area contributed by atoms with Crippen molar-refractivity contribution in [2.75, 3.05) is 13.1 Å². The lowest BCUT2D eigenvalue weighted by Gasteiger charge is -2.17. The third kappa shape index (κ3) is 3.92. The number of hydrogen-bond acceptors (Lipinski definition) is 5. The number of benzene rings is 1. The molecule has 130 valence electrons. The molecule has 0 aliphatic carbocycles. The van der Waals surface area contributed by atoms with Crippen LogP contribution in [-0.4, -0.2) is 37.8 Å². The molecule has 25 heavy (non-hydrogen) atoms. The van der Waals surface area contributed by atoms with E-state index in [1.807, 2.05) is 40.9 Å². The minimum Gasteiger partial charge on any atom is -0.296 e. The van der Waals surface area contributed by atoms with Crippen LogP contribution < -0.4 is 0 Å². The summed E-state index contributed by atoms with van der Waals surface area (Å²) in [5.74, 6) is 0.922. The van der Waals surface area contributed by atoms with Gasteiger partial charge in [-0.25, -0.2) is 0 Å². The molecule has 1 saturated heterocycles. The van der Waals surface area contributed by atoms with Crippen LogP contribution in [0.4, 0.5) is 0 Å². The van der Waals surface area contributed by atoms with Crippen molar-refractivity contribution in [2.24, 2.45) is 0 Å². The summed E-state index contributed by atoms with van der Waals surface area (Å²) in [7, 11) is 0. The van der Waals surface area contributed by atoms with Crippen LogP contribution in [-0.2, 0) is 6.54 Å². The van der Waals surface area contributed by atoms with E-state index in [0.29, 0.717) is 0 Å². The molecule has 0 N–H and O–H groups in total. The van der Waals surface area contributed by atoms with Gasteiger partial charge in [0.15, 0.2) is 5.82 Å². The molecule has 1 fully saturated rings. The van der Waals surface area contributed by atoms with E-state index in [0.717, 1.165) is 46.0 Å². The lowest BCUT2D eigenvalue weighted by atomic mass is 10.2. The zero-order chi connectivity index (χ0) is 17.1. The molecule has 4 rings (SSSR count). The average molecular weight is 374 g/mol. The quantitative estimate of drug-likeness (QED) is 0.680. The molecular weight excluding hydrogens is 354 g/mol. The fourth-order valence-corrected chi connectivity index (χ4v) is 4.06. The third-order valence-electron chi connectivity index (χ3n) is 4.45. The average Bonchev–Trinajstić information content (AvgIpc) is 3.07. The molecule has 5 nitrogen and oxygen atoms in total. The summed E-state index contributed by atoms with van der Waals surface area (Å²) in [4.78, 5) is 3.30. The van der Waals surface area contributed by atoms with Crippen molar-refractivity contribution in [1.29, 1.82) is 0 Å². The van der Waals surface area contributed by atoms with Crippen LogP contribution in [0, 0.1) is 0 Å². The molecule has 0 unspecified atom stereocenters. The smallest absolute Gasteiger partial charge is 0.235 e. The number of rotatable bonds is 4. The first-order valence-electron chi connectivity index (χ1n) is 8.66. The largest absolute Gasteiger partial charge is 0.296 e. The van der Waals surface area contributed by atoms with Crippen LogP contribution in [0.1, 0.15) is 42.1 Å². The first-order valence-corrected chi connectivity index (χ1v) is 9.85. The van der Waals surface area contributed by atoms with E-state index in [1.54, 1.807) is 0 Å². The van der Waals surface area contributed by atoms with E-state index in [2.05, 4.69) is 20.2 Å². The van der Waals surface area contributed by atoms with Crippen molar-refractivity contribution >= 4 is 40.1 Å². The topological polar surface area (TPSA) is 46.3 Å². The van der Waals surface area contributed by atoms with Crippen molar-refractivity contribution in [1.82, 2.24) is 24.7 Å². The molecule has 0 radical (unpaired) electrons. The summed E-state index contributed by atoms with van der Waals surface area (Å²) in [6.07, 6.45) is 9.17. The highest BCUT2D eigenvalue weighted by molar-refractivity contribution is 7.17. The maximum absolute atomic E-state index is 6.19. The molecule has 0 saturated carbocycles. The molecule has 1 aromatic carbocycles. The summed E-state index contributed by atoms with van der Waals surface area (Å²) < 4.78 is 1.88. The first kappa shape index (κ1) is 16.7. The van der Waals surface area contributed by atoms with Crippen LogP contribution in [0.15, 0.2) is 24.3 Å². The summed E-state index contributed by atoms with van der Waals surface area (Å²) in [5.41, 5.74) is 0.986. The van der Waals surface area contributed by atoms with E-state index < -0.39 is 0 Å². The maximum atomic E-state index is 6.19. The van der Waals surface area contributed by atoms with E-state index >= 15 is 0 Å². The van der Waals surface area contributed by atoms with Crippen LogP contribution in [0.25, 0.3) is 17.1 Å². The van der Waals surface area contributed by atoms with E-state index in [9.17, 15) is 0 Å². The van der Waals surface area contributed by atoms with Gasteiger partial charge in [-0.05, 0) is 43.6 Å². The number of likely N-dealkylation sites (tertiary alicyclic amines) is 1. The van der Waals surface area contributed by atoms with Gasteiger partial charge in [-0.3, -0.25) is 4.90 Å². The van der Waals surface area contributed by atoms with Gasteiger partial charge >= 0.3 is 0 Å². The summed E-state index contributed by atoms with van der Waals surface area (Å²) in [5, 5.41) is 14.9. The number of hydrogen-bond donors (Lipinski definition) is 0. The van der Waals surface area contributed by atoms with Crippen molar-refractivity contribution in [2.45, 2.75) is 32.2 Å². The first-order chi connectivity index (χ1) is 12.3. The molecule has 7 heteroatoms. The van der Waals surface area contributed by atoms with Crippen LogP contribution in [0.3, 0.4) is 0 Å². The molecular formula is C18H20ClN5S. The van der Waals surface area contributed by atoms with Gasteiger partial charge in [-0.1, -0.05) is 60.1 Å². The van der Waals surface area contributed by atoms with E-state index in [1.165, 1.54) is 37.0 Å². The Bertz CT molecular complexity index is 877. The molecule has 0 bridgehead atoms. The van der Waals surface area contributed by atoms with Gasteiger partial charge in [-0.15, -0.1) is 10.2 Å². The van der Waals surface area contributed by atoms with Gasteiger partial charge in [0.1, 0.15) is 5.01 Å². The molecule has 0 atom stereocenters. The standard InChI is InChI=1S/C18H20ClN5S/c19-15-8-4-3-7-14(15)9-10-17-22-24-16(20-21-18(24)25-17)13-23-11-5-1-2-6-12-23/h3-4,7-10H,1-2,5-6,11-13H2/b10-9-. The second-order valence-corrected chi connectivity index (χ2v) is 7.69. The Morgan fingerprint density at radius 2 is 1.84 bits per heavy atom. The minimum absolute atomic E-state index is 0.739. The van der Waals surface area contributed by atoms with Gasteiger partial charge in [-0.2, -0.15) is 9.61 Å². The zero-order valence-corrected chi connectivity index (χ0v) is 15.5. The van der Waals surface area contributed by atoms with Crippen molar-refractivity contribution in [3.8, 4) is 0 Å². The van der Waals surface area contributed by atoms with Crippen molar-refractivity contribution in [3.05, 3.63) is 45.7 Å². The van der Waals surface area contributed by atoms with E-state index in [-0.39, 0.29) is 0 Å². The molecule has 1 aliphatic heterocycles. The second-order valence-electron chi connectivity index (χ2n) is 6.30. The fourth-order valence-electron chi connectivity index (χ4n) is 3.10. The third-order valence-corrected chi connectivity index (χ3v) is 5.65. The van der Waals surface area contributed by atoms with Crippen LogP contribution >= 0.6 is 22.9 Å². The van der Waals surface area contributed by atoms with Crippen molar-refractivity contribution < 1.29 is 0 Å². The summed E-state index contributed by atoms with van der Waals surface area (Å²) >= 11 is 7.73. The zero-order valence-electron chi connectivity index (χ0n) is 13.9. The monoisotopic (exact) mass is 373 g/mol. The Kier molecular flexibility index (Phi) is 5.10. The fraction of sp³-hybridized carbons (Fsp3) is 0.389. The normalized spacial score (nSPS) is 16.7. The SMILES string of the molecule is Clc1ccccc1/C=C\c1nn2c(CN3CCCCCC3)nnc2s1. The molecule has 0 amide bonds. The number of fused-ring (bicyclic) bond motifs is 1. The van der Waals surface area contributed by atoms with E-state index in [4.69, 9.17) is 11.6 Å². The summed E-state index contributed by atoms with van der Waals surface area (Å²) in [6, 6.07) is 7.78. The van der Waals surface area contributed by atoms with Crippen LogP contribution in [0.2, 0.25) is 5.02 Å². The Balaban J connectivity index is 1.53. The lowest BCUT2D eigenvalue weighted by molar-refractivity contribution is 0.268. The van der Waals surface area contributed by atoms with Crippen LogP contribution in [0.5, 0.6) is 0 Å². The Labute approximate surface area is 155 Å². The summed E-state index contributed by atoms with van der Waals surface area (Å²) in [6.45, 7) is 3.09. The van der Waals surface area contributed by atoms with Gasteiger partial charge in [0.25, 0.3) is 0 Å². The van der Waals surface area contributed by atoms with Gasteiger partial charge in [0.2, 0.25) is 4.96 Å². The minimum atomic E-state index is 0.739. The number of halogens is 1. The molecule has 0 spiro atoms. The molecule has 1 aliphatic rings. The van der Waals surface area contributed by atoms with Gasteiger partial charge in [0.05, 0.1) is 6.54 Å².